The number of nitrogens with two attached hydrogens (primary N) is 2. The van der Waals surface area contributed by atoms with Crippen LogP contribution in [0, 0.1) is 0 Å². The van der Waals surface area contributed by atoms with Crippen LogP contribution in [0.15, 0.2) is 18.2 Å². The van der Waals surface area contributed by atoms with Crippen molar-refractivity contribution in [3.05, 3.63) is 34.9 Å². The molecular weight excluding hydrogens is 220 g/mol. The van der Waals surface area contributed by atoms with Crippen molar-refractivity contribution in [2.24, 2.45) is 11.5 Å². The number of benzene rings is 1. The summed E-state index contributed by atoms with van der Waals surface area (Å²) < 4.78 is 5.02. The highest BCUT2D eigenvalue weighted by atomic mass is 16.5. The molecule has 0 saturated carbocycles. The summed E-state index contributed by atoms with van der Waals surface area (Å²) in [5.41, 5.74) is 11.9. The van der Waals surface area contributed by atoms with Crippen LogP contribution in [-0.2, 0) is 4.74 Å². The zero-order chi connectivity index (χ0) is 13.0. The van der Waals surface area contributed by atoms with Crippen LogP contribution in [0.5, 0.6) is 0 Å². The highest BCUT2D eigenvalue weighted by Crippen LogP contribution is 2.21. The first-order valence-electron chi connectivity index (χ1n) is 5.19. The van der Waals surface area contributed by atoms with Crippen molar-refractivity contribution >= 4 is 11.8 Å². The molecule has 0 aliphatic rings. The van der Waals surface area contributed by atoms with Gasteiger partial charge in [-0.2, -0.15) is 0 Å². The first-order valence-corrected chi connectivity index (χ1v) is 5.19. The molecule has 5 heteroatoms. The fraction of sp³-hybridized carbons (Fsp3) is 0.333. The summed E-state index contributed by atoms with van der Waals surface area (Å²) in [6, 6.07) is 4.60. The minimum absolute atomic E-state index is 0.0400. The number of hydrogen-bond acceptors (Lipinski definition) is 3. The lowest BCUT2D eigenvalue weighted by atomic mass is 9.93. The Labute approximate surface area is 99.7 Å². The quantitative estimate of drug-likeness (QED) is 0.785. The van der Waals surface area contributed by atoms with E-state index in [1.54, 1.807) is 13.2 Å². The summed E-state index contributed by atoms with van der Waals surface area (Å²) in [6.07, 6.45) is 0. The molecule has 1 unspecified atom stereocenters. The maximum absolute atomic E-state index is 11.3. The third kappa shape index (κ3) is 3.04. The number of hydrogen-bond donors (Lipinski definition) is 2. The second-order valence-corrected chi connectivity index (χ2v) is 3.89. The first-order chi connectivity index (χ1) is 7.97. The van der Waals surface area contributed by atoms with Crippen LogP contribution in [-0.4, -0.2) is 25.5 Å². The number of methoxy groups -OCH3 is 1. The Morgan fingerprint density at radius 3 is 2.41 bits per heavy atom. The summed E-state index contributed by atoms with van der Waals surface area (Å²) in [7, 11) is 1.57. The van der Waals surface area contributed by atoms with Crippen molar-refractivity contribution in [3.8, 4) is 0 Å². The molecule has 4 N–H and O–H groups in total. The van der Waals surface area contributed by atoms with Gasteiger partial charge in [-0.05, 0) is 23.8 Å². The lowest BCUT2D eigenvalue weighted by Crippen LogP contribution is -2.18. The molecule has 0 aromatic heterocycles. The Balaban J connectivity index is 3.24. The molecule has 0 saturated heterocycles. The van der Waals surface area contributed by atoms with E-state index in [-0.39, 0.29) is 5.92 Å². The smallest absolute Gasteiger partial charge is 0.248 e. The lowest BCUT2D eigenvalue weighted by Gasteiger charge is -2.15. The molecular formula is C12H16N2O3. The molecule has 1 atom stereocenters. The van der Waals surface area contributed by atoms with Crippen molar-refractivity contribution in [1.82, 2.24) is 0 Å². The number of carbonyl (C=O) groups excluding carboxylic acids is 2. The van der Waals surface area contributed by atoms with Gasteiger partial charge in [-0.15, -0.1) is 0 Å². The van der Waals surface area contributed by atoms with E-state index in [1.807, 2.05) is 6.92 Å². The van der Waals surface area contributed by atoms with Gasteiger partial charge in [0.25, 0.3) is 0 Å². The van der Waals surface area contributed by atoms with Gasteiger partial charge in [-0.25, -0.2) is 0 Å². The summed E-state index contributed by atoms with van der Waals surface area (Å²) in [5.74, 6) is -1.10. The summed E-state index contributed by atoms with van der Waals surface area (Å²) in [4.78, 5) is 22.4. The lowest BCUT2D eigenvalue weighted by molar-refractivity contribution is 0.0986. The van der Waals surface area contributed by atoms with Crippen LogP contribution in [0.25, 0.3) is 0 Å². The average molecular weight is 236 g/mol. The number of ether oxygens (including phenoxy) is 1. The highest BCUT2D eigenvalue weighted by molar-refractivity contribution is 5.98. The van der Waals surface area contributed by atoms with E-state index >= 15 is 0 Å². The Bertz CT molecular complexity index is 443. The minimum Gasteiger partial charge on any atom is -0.384 e. The molecule has 0 aliphatic carbocycles. The fourth-order valence-electron chi connectivity index (χ4n) is 1.69. The first kappa shape index (κ1) is 13.2. The van der Waals surface area contributed by atoms with Crippen LogP contribution in [0.1, 0.15) is 39.1 Å². The maximum atomic E-state index is 11.3. The number of primary amides is 2. The van der Waals surface area contributed by atoms with Gasteiger partial charge in [0.2, 0.25) is 11.8 Å². The van der Waals surface area contributed by atoms with E-state index in [4.69, 9.17) is 16.2 Å². The number of rotatable bonds is 5. The van der Waals surface area contributed by atoms with E-state index < -0.39 is 11.8 Å². The highest BCUT2D eigenvalue weighted by Gasteiger charge is 2.16. The molecule has 0 radical (unpaired) electrons. The Morgan fingerprint density at radius 1 is 1.29 bits per heavy atom. The van der Waals surface area contributed by atoms with Crippen LogP contribution < -0.4 is 11.5 Å². The fourth-order valence-corrected chi connectivity index (χ4v) is 1.69. The molecule has 17 heavy (non-hydrogen) atoms. The van der Waals surface area contributed by atoms with Gasteiger partial charge < -0.3 is 16.2 Å². The summed E-state index contributed by atoms with van der Waals surface area (Å²) in [6.45, 7) is 2.32. The molecule has 0 bridgehead atoms. The van der Waals surface area contributed by atoms with Crippen LogP contribution in [0.2, 0.25) is 0 Å². The Morgan fingerprint density at radius 2 is 1.94 bits per heavy atom. The molecule has 0 fully saturated rings. The summed E-state index contributed by atoms with van der Waals surface area (Å²) >= 11 is 0. The maximum Gasteiger partial charge on any atom is 0.248 e. The van der Waals surface area contributed by atoms with Crippen LogP contribution >= 0.6 is 0 Å². The van der Waals surface area contributed by atoms with Gasteiger partial charge >= 0.3 is 0 Å². The van der Waals surface area contributed by atoms with Gasteiger partial charge in [0.15, 0.2) is 0 Å². The number of amides is 2. The largest absolute Gasteiger partial charge is 0.384 e. The second kappa shape index (κ2) is 5.45. The van der Waals surface area contributed by atoms with Gasteiger partial charge in [0.05, 0.1) is 6.61 Å². The predicted octanol–water partition coefficient (Wildman–Crippen LogP) is 0.634. The molecule has 0 heterocycles. The van der Waals surface area contributed by atoms with E-state index in [2.05, 4.69) is 0 Å². The Kier molecular flexibility index (Phi) is 4.23. The van der Waals surface area contributed by atoms with Gasteiger partial charge in [-0.1, -0.05) is 6.92 Å². The molecule has 5 nitrogen and oxygen atoms in total. The van der Waals surface area contributed by atoms with Crippen molar-refractivity contribution in [1.29, 1.82) is 0 Å². The second-order valence-electron chi connectivity index (χ2n) is 3.89. The minimum atomic E-state index is -0.535. The third-order valence-corrected chi connectivity index (χ3v) is 2.55. The van der Waals surface area contributed by atoms with E-state index in [9.17, 15) is 9.59 Å². The van der Waals surface area contributed by atoms with Crippen molar-refractivity contribution in [2.45, 2.75) is 12.8 Å². The van der Waals surface area contributed by atoms with Gasteiger partial charge in [0.1, 0.15) is 0 Å². The molecule has 0 aliphatic heterocycles. The van der Waals surface area contributed by atoms with Crippen molar-refractivity contribution in [3.63, 3.8) is 0 Å². The van der Waals surface area contributed by atoms with Crippen LogP contribution in [0.3, 0.4) is 0 Å². The van der Waals surface area contributed by atoms with E-state index in [1.165, 1.54) is 12.1 Å². The van der Waals surface area contributed by atoms with E-state index in [0.29, 0.717) is 23.3 Å². The number of carbonyl (C=O) groups is 2. The monoisotopic (exact) mass is 236 g/mol. The average Bonchev–Trinajstić information content (AvgIpc) is 2.28. The molecule has 1 aromatic rings. The van der Waals surface area contributed by atoms with E-state index in [0.717, 1.165) is 0 Å². The predicted molar refractivity (Wildman–Crippen MR) is 63.8 cm³/mol. The van der Waals surface area contributed by atoms with Gasteiger partial charge in [-0.3, -0.25) is 9.59 Å². The molecule has 2 amide bonds. The molecule has 1 rings (SSSR count). The third-order valence-electron chi connectivity index (χ3n) is 2.55. The standard InChI is InChI=1S/C12H16N2O3/c1-7(6-17-2)10-5-8(11(13)15)3-4-9(10)12(14)16/h3-5,7H,6H2,1-2H3,(H2,13,15)(H2,14,16). The van der Waals surface area contributed by atoms with Crippen LogP contribution in [0.4, 0.5) is 0 Å². The molecule has 1 aromatic carbocycles. The molecule has 0 spiro atoms. The Hall–Kier alpha value is -1.88. The topological polar surface area (TPSA) is 95.4 Å². The van der Waals surface area contributed by atoms with Crippen molar-refractivity contribution in [2.75, 3.05) is 13.7 Å². The molecule has 92 valence electrons. The SMILES string of the molecule is COCC(C)c1cc(C(N)=O)ccc1C(N)=O. The zero-order valence-electron chi connectivity index (χ0n) is 9.90. The zero-order valence-corrected chi connectivity index (χ0v) is 9.90. The van der Waals surface area contributed by atoms with Gasteiger partial charge in [0, 0.05) is 24.2 Å². The normalized spacial score (nSPS) is 12.1. The summed E-state index contributed by atoms with van der Waals surface area (Å²) in [5, 5.41) is 0. The van der Waals surface area contributed by atoms with Crippen molar-refractivity contribution < 1.29 is 14.3 Å².